The molecule has 0 saturated carbocycles. The second kappa shape index (κ2) is 3.49. The summed E-state index contributed by atoms with van der Waals surface area (Å²) in [6.07, 6.45) is 1.47. The molecule has 1 aromatic carbocycles. The highest BCUT2D eigenvalue weighted by atomic mass is 16.7. The van der Waals surface area contributed by atoms with Gasteiger partial charge in [0.2, 0.25) is 0 Å². The number of hydrogen-bond acceptors (Lipinski definition) is 4. The predicted molar refractivity (Wildman–Crippen MR) is 53.4 cm³/mol. The van der Waals surface area contributed by atoms with Gasteiger partial charge in [0, 0.05) is 11.8 Å². The average Bonchev–Trinajstić information content (AvgIpc) is 2.35. The molecule has 0 N–H and O–H groups in total. The fourth-order valence-corrected chi connectivity index (χ4v) is 1.39. The number of amides is 1. The molecule has 0 atom stereocenters. The van der Waals surface area contributed by atoms with Crippen LogP contribution >= 0.6 is 0 Å². The number of nitro groups is 1. The summed E-state index contributed by atoms with van der Waals surface area (Å²) >= 11 is 0. The van der Waals surface area contributed by atoms with Crippen LogP contribution in [0, 0.1) is 10.1 Å². The maximum atomic E-state index is 11.4. The van der Waals surface area contributed by atoms with Crippen LogP contribution in [0.2, 0.25) is 0 Å². The number of rotatable bonds is 1. The van der Waals surface area contributed by atoms with Gasteiger partial charge in [0.15, 0.2) is 5.03 Å². The van der Waals surface area contributed by atoms with Gasteiger partial charge in [-0.25, -0.2) is 10.1 Å². The van der Waals surface area contributed by atoms with E-state index in [0.29, 0.717) is 10.6 Å². The van der Waals surface area contributed by atoms with Crippen molar-refractivity contribution in [2.75, 3.05) is 11.6 Å². The van der Waals surface area contributed by atoms with Crippen molar-refractivity contribution < 1.29 is 9.83 Å². The summed E-state index contributed by atoms with van der Waals surface area (Å²) in [5.74, 6) is -0.638. The molecule has 6 heteroatoms. The molecule has 0 unspecified atom stereocenters. The maximum absolute atomic E-state index is 11.4. The molecule has 1 amide bonds. The van der Waals surface area contributed by atoms with Crippen molar-refractivity contribution in [3.05, 3.63) is 39.9 Å². The second-order valence-electron chi connectivity index (χ2n) is 2.97. The molecule has 0 aromatic heterocycles. The highest BCUT2D eigenvalue weighted by molar-refractivity contribution is 6.01. The van der Waals surface area contributed by atoms with E-state index in [1.54, 1.807) is 18.2 Å². The highest BCUT2D eigenvalue weighted by Gasteiger charge is 2.29. The molecule has 2 rings (SSSR count). The molecule has 0 aliphatic carbocycles. The second-order valence-corrected chi connectivity index (χ2v) is 2.97. The van der Waals surface area contributed by atoms with E-state index in [0.717, 1.165) is 0 Å². The number of fused-ring (bicyclic) bond motifs is 1. The monoisotopic (exact) mass is 205 g/mol. The first-order valence-corrected chi connectivity index (χ1v) is 4.26. The first-order valence-electron chi connectivity index (χ1n) is 4.26. The molecular weight excluding hydrogens is 198 g/mol. The van der Waals surface area contributed by atoms with Crippen molar-refractivity contribution in [2.45, 2.75) is 0 Å². The Morgan fingerprint density at radius 1 is 1.40 bits per heavy atom. The lowest BCUT2D eigenvalue weighted by Gasteiger charge is -2.10. The summed E-state index contributed by atoms with van der Waals surface area (Å²) in [6, 6.07) is 6.57. The van der Waals surface area contributed by atoms with Gasteiger partial charge in [-0.05, 0) is 11.1 Å². The molecule has 15 heavy (non-hydrogen) atoms. The van der Waals surface area contributed by atoms with Crippen molar-refractivity contribution in [2.24, 2.45) is 4.99 Å². The zero-order valence-electron chi connectivity index (χ0n) is 7.66. The zero-order valence-corrected chi connectivity index (χ0v) is 7.66. The zero-order chi connectivity index (χ0) is 10.8. The molecule has 0 saturated heterocycles. The maximum Gasteiger partial charge on any atom is 0.310 e. The molecule has 1 aromatic rings. The Balaban J connectivity index is 2.58. The summed E-state index contributed by atoms with van der Waals surface area (Å²) in [5.41, 5.74) is 0.828. The lowest BCUT2D eigenvalue weighted by molar-refractivity contribution is -0.483. The van der Waals surface area contributed by atoms with E-state index in [1.165, 1.54) is 12.3 Å². The van der Waals surface area contributed by atoms with Crippen LogP contribution in [-0.2, 0) is 4.79 Å². The van der Waals surface area contributed by atoms with Crippen LogP contribution in [0.3, 0.4) is 0 Å². The Kier molecular flexibility index (Phi) is 2.17. The summed E-state index contributed by atoms with van der Waals surface area (Å²) in [4.78, 5) is 25.9. The first kappa shape index (κ1) is 9.32. The molecule has 0 radical (unpaired) electrons. The van der Waals surface area contributed by atoms with Crippen LogP contribution in [0.25, 0.3) is 0 Å². The minimum Gasteiger partial charge on any atom is -0.282 e. The standard InChI is InChI=1S/C9H7N3O3/c13-9-6-10-5-7-3-1-2-4-8(7)11(9)12(14)15/h1-5H,6H2. The Labute approximate surface area is 85.0 Å². The van der Waals surface area contributed by atoms with Gasteiger partial charge in [0.25, 0.3) is 0 Å². The number of aliphatic imine (C=N–C) groups is 1. The van der Waals surface area contributed by atoms with Gasteiger partial charge in [0.05, 0.1) is 0 Å². The molecule has 0 bridgehead atoms. The van der Waals surface area contributed by atoms with Crippen LogP contribution in [0.5, 0.6) is 0 Å². The first-order chi connectivity index (χ1) is 7.20. The lowest BCUT2D eigenvalue weighted by atomic mass is 10.2. The van der Waals surface area contributed by atoms with Gasteiger partial charge >= 0.3 is 5.91 Å². The molecule has 76 valence electrons. The fraction of sp³-hybridized carbons (Fsp3) is 0.111. The van der Waals surface area contributed by atoms with Crippen molar-refractivity contribution in [3.63, 3.8) is 0 Å². The Bertz CT molecular complexity index is 456. The van der Waals surface area contributed by atoms with Gasteiger partial charge < -0.3 is 0 Å². The normalized spacial score (nSPS) is 14.7. The van der Waals surface area contributed by atoms with Gasteiger partial charge in [-0.3, -0.25) is 9.79 Å². The SMILES string of the molecule is O=C1CN=Cc2ccccc2N1[N+](=O)[O-]. The molecule has 0 spiro atoms. The molecule has 1 heterocycles. The van der Waals surface area contributed by atoms with E-state index >= 15 is 0 Å². The molecular formula is C9H7N3O3. The summed E-state index contributed by atoms with van der Waals surface area (Å²) in [5, 5.41) is 10.5. The third-order valence-corrected chi connectivity index (χ3v) is 2.02. The Hall–Kier alpha value is -2.24. The summed E-state index contributed by atoms with van der Waals surface area (Å²) < 4.78 is 0. The number of benzene rings is 1. The highest BCUT2D eigenvalue weighted by Crippen LogP contribution is 2.20. The number of hydrazine groups is 1. The van der Waals surface area contributed by atoms with E-state index in [4.69, 9.17) is 0 Å². The van der Waals surface area contributed by atoms with Crippen molar-refractivity contribution in [1.29, 1.82) is 0 Å². The number of hydrogen-bond donors (Lipinski definition) is 0. The molecule has 1 aliphatic heterocycles. The van der Waals surface area contributed by atoms with Gasteiger partial charge in [-0.1, -0.05) is 18.2 Å². The number of nitrogens with zero attached hydrogens (tertiary/aromatic N) is 3. The van der Waals surface area contributed by atoms with Crippen molar-refractivity contribution in [1.82, 2.24) is 0 Å². The largest absolute Gasteiger partial charge is 0.310 e. The number of benzodiazepines with no additional fused rings is 1. The van der Waals surface area contributed by atoms with Gasteiger partial charge in [-0.2, -0.15) is 0 Å². The number of carbonyl (C=O) groups is 1. The lowest BCUT2D eigenvalue weighted by Crippen LogP contribution is -2.37. The average molecular weight is 205 g/mol. The number of para-hydroxylation sites is 1. The fourth-order valence-electron chi connectivity index (χ4n) is 1.39. The van der Waals surface area contributed by atoms with Crippen molar-refractivity contribution in [3.8, 4) is 0 Å². The van der Waals surface area contributed by atoms with Crippen LogP contribution in [0.4, 0.5) is 5.69 Å². The van der Waals surface area contributed by atoms with Crippen LogP contribution in [-0.4, -0.2) is 23.7 Å². The van der Waals surface area contributed by atoms with Crippen LogP contribution < -0.4 is 5.01 Å². The summed E-state index contributed by atoms with van der Waals surface area (Å²) in [7, 11) is 0. The Morgan fingerprint density at radius 3 is 2.87 bits per heavy atom. The number of carbonyl (C=O) groups excluding carboxylic acids is 1. The molecule has 6 nitrogen and oxygen atoms in total. The van der Waals surface area contributed by atoms with E-state index in [9.17, 15) is 14.9 Å². The smallest absolute Gasteiger partial charge is 0.282 e. The van der Waals surface area contributed by atoms with Crippen LogP contribution in [0.15, 0.2) is 29.3 Å². The minimum atomic E-state index is -0.726. The van der Waals surface area contributed by atoms with E-state index in [1.807, 2.05) is 0 Å². The molecule has 1 aliphatic rings. The Morgan fingerprint density at radius 2 is 2.13 bits per heavy atom. The summed E-state index contributed by atoms with van der Waals surface area (Å²) in [6.45, 7) is -0.199. The van der Waals surface area contributed by atoms with Crippen molar-refractivity contribution >= 4 is 17.8 Å². The number of anilines is 1. The van der Waals surface area contributed by atoms with Gasteiger partial charge in [0.1, 0.15) is 12.2 Å². The van der Waals surface area contributed by atoms with E-state index in [2.05, 4.69) is 4.99 Å². The van der Waals surface area contributed by atoms with E-state index < -0.39 is 10.9 Å². The van der Waals surface area contributed by atoms with Crippen LogP contribution in [0.1, 0.15) is 5.56 Å². The van der Waals surface area contributed by atoms with Gasteiger partial charge in [-0.15, -0.1) is 0 Å². The quantitative estimate of drug-likeness (QED) is 0.498. The minimum absolute atomic E-state index is 0.199. The third kappa shape index (κ3) is 1.56. The topological polar surface area (TPSA) is 75.8 Å². The predicted octanol–water partition coefficient (Wildman–Crippen LogP) is 0.644. The molecule has 0 fully saturated rings. The third-order valence-electron chi connectivity index (χ3n) is 2.02. The van der Waals surface area contributed by atoms with E-state index in [-0.39, 0.29) is 12.2 Å².